The van der Waals surface area contributed by atoms with Crippen LogP contribution in [-0.2, 0) is 5.41 Å². The van der Waals surface area contributed by atoms with E-state index >= 15 is 0 Å². The molecule has 156 valence electrons. The van der Waals surface area contributed by atoms with Gasteiger partial charge in [-0.05, 0) is 30.0 Å². The van der Waals surface area contributed by atoms with Gasteiger partial charge in [-0.2, -0.15) is 0 Å². The molecule has 1 saturated heterocycles. The zero-order chi connectivity index (χ0) is 21.2. The second-order valence-corrected chi connectivity index (χ2v) is 8.76. The second-order valence-electron chi connectivity index (χ2n) is 8.76. The Bertz CT molecular complexity index is 849. The third kappa shape index (κ3) is 5.16. The summed E-state index contributed by atoms with van der Waals surface area (Å²) in [5.41, 5.74) is 2.18. The van der Waals surface area contributed by atoms with Crippen LogP contribution in [-0.4, -0.2) is 61.2 Å². The smallest absolute Gasteiger partial charge is 0.321 e. The molecule has 1 aliphatic heterocycles. The third-order valence-electron chi connectivity index (χ3n) is 5.16. The zero-order valence-electron chi connectivity index (χ0n) is 18.4. The van der Waals surface area contributed by atoms with Crippen LogP contribution in [0.1, 0.15) is 32.2 Å². The highest BCUT2D eigenvalue weighted by Crippen LogP contribution is 2.24. The molecule has 2 aromatic rings. The van der Waals surface area contributed by atoms with Crippen molar-refractivity contribution < 1.29 is 4.79 Å². The number of amides is 2. The number of rotatable bonds is 3. The molecule has 29 heavy (non-hydrogen) atoms. The van der Waals surface area contributed by atoms with Crippen LogP contribution in [0.15, 0.2) is 30.3 Å². The normalized spacial score (nSPS) is 14.7. The maximum Gasteiger partial charge on any atom is 0.321 e. The monoisotopic (exact) mass is 396 g/mol. The van der Waals surface area contributed by atoms with Gasteiger partial charge in [0.25, 0.3) is 0 Å². The lowest BCUT2D eigenvalue weighted by atomic mass is 9.87. The van der Waals surface area contributed by atoms with E-state index in [0.29, 0.717) is 13.1 Å². The van der Waals surface area contributed by atoms with E-state index in [1.165, 1.54) is 5.56 Å². The molecule has 1 aliphatic rings. The molecule has 7 heteroatoms. The number of carbonyl (C=O) groups is 1. The van der Waals surface area contributed by atoms with E-state index in [1.54, 1.807) is 0 Å². The van der Waals surface area contributed by atoms with Crippen molar-refractivity contribution in [3.63, 3.8) is 0 Å². The summed E-state index contributed by atoms with van der Waals surface area (Å²) in [6.07, 6.45) is 0. The van der Waals surface area contributed by atoms with Crippen LogP contribution >= 0.6 is 0 Å². The lowest BCUT2D eigenvalue weighted by Gasteiger charge is -2.35. The van der Waals surface area contributed by atoms with E-state index < -0.39 is 0 Å². The highest BCUT2D eigenvalue weighted by Gasteiger charge is 2.23. The van der Waals surface area contributed by atoms with Gasteiger partial charge in [-0.25, -0.2) is 14.8 Å². The first kappa shape index (κ1) is 20.9. The summed E-state index contributed by atoms with van der Waals surface area (Å²) in [7, 11) is 3.95. The van der Waals surface area contributed by atoms with Crippen LogP contribution in [0.25, 0.3) is 0 Å². The van der Waals surface area contributed by atoms with E-state index in [-0.39, 0.29) is 11.4 Å². The Morgan fingerprint density at radius 2 is 1.66 bits per heavy atom. The van der Waals surface area contributed by atoms with Gasteiger partial charge in [0.05, 0.1) is 0 Å². The van der Waals surface area contributed by atoms with Crippen LogP contribution < -0.4 is 15.1 Å². The van der Waals surface area contributed by atoms with Crippen molar-refractivity contribution >= 4 is 23.4 Å². The summed E-state index contributed by atoms with van der Waals surface area (Å²) >= 11 is 0. The van der Waals surface area contributed by atoms with E-state index in [1.807, 2.05) is 49.0 Å². The minimum absolute atomic E-state index is 0.0546. The Morgan fingerprint density at radius 1 is 1.03 bits per heavy atom. The van der Waals surface area contributed by atoms with Gasteiger partial charge in [-0.3, -0.25) is 0 Å². The number of nitrogens with one attached hydrogen (secondary N) is 1. The molecule has 0 radical (unpaired) electrons. The number of urea groups is 1. The van der Waals surface area contributed by atoms with Gasteiger partial charge in [0.2, 0.25) is 0 Å². The van der Waals surface area contributed by atoms with E-state index in [0.717, 1.165) is 36.2 Å². The van der Waals surface area contributed by atoms with Crippen molar-refractivity contribution in [3.05, 3.63) is 41.7 Å². The van der Waals surface area contributed by atoms with Crippen molar-refractivity contribution in [1.29, 1.82) is 0 Å². The Morgan fingerprint density at radius 3 is 2.21 bits per heavy atom. The summed E-state index contributed by atoms with van der Waals surface area (Å²) in [6, 6.07) is 10.0. The van der Waals surface area contributed by atoms with Gasteiger partial charge in [0, 0.05) is 52.0 Å². The van der Waals surface area contributed by atoms with Crippen molar-refractivity contribution in [2.75, 3.05) is 55.4 Å². The fourth-order valence-corrected chi connectivity index (χ4v) is 3.32. The number of carbonyl (C=O) groups excluding carboxylic acids is 1. The zero-order valence-corrected chi connectivity index (χ0v) is 18.4. The fraction of sp³-hybridized carbons (Fsp3) is 0.500. The molecule has 0 aliphatic carbocycles. The first-order chi connectivity index (χ1) is 13.6. The molecular weight excluding hydrogens is 364 g/mol. The van der Waals surface area contributed by atoms with E-state index in [9.17, 15) is 4.79 Å². The average molecular weight is 397 g/mol. The Kier molecular flexibility index (Phi) is 5.96. The first-order valence-electron chi connectivity index (χ1n) is 10.1. The molecular formula is C22H32N6O. The van der Waals surface area contributed by atoms with Crippen molar-refractivity contribution in [2.45, 2.75) is 33.1 Å². The summed E-state index contributed by atoms with van der Waals surface area (Å²) < 4.78 is 0. The van der Waals surface area contributed by atoms with E-state index in [2.05, 4.69) is 53.1 Å². The highest BCUT2D eigenvalue weighted by atomic mass is 16.2. The third-order valence-corrected chi connectivity index (χ3v) is 5.16. The molecule has 0 bridgehead atoms. The topological polar surface area (TPSA) is 64.6 Å². The van der Waals surface area contributed by atoms with Crippen LogP contribution in [0.3, 0.4) is 0 Å². The predicted octanol–water partition coefficient (Wildman–Crippen LogP) is 3.50. The highest BCUT2D eigenvalue weighted by molar-refractivity contribution is 5.89. The number of piperazine rings is 1. The standard InChI is InChI=1S/C22H32N6O/c1-16-23-19(26(5)6)15-20(24-16)27-11-13-28(14-12-27)21(29)25-18-9-7-17(8-10-18)22(2,3)4/h7-10,15H,11-14H2,1-6H3,(H,25,29). The molecule has 0 unspecified atom stereocenters. The number of nitrogens with zero attached hydrogens (tertiary/aromatic N) is 5. The molecule has 1 N–H and O–H groups in total. The summed E-state index contributed by atoms with van der Waals surface area (Å²) in [5, 5.41) is 3.01. The minimum atomic E-state index is -0.0546. The molecule has 0 saturated carbocycles. The summed E-state index contributed by atoms with van der Waals surface area (Å²) in [5.74, 6) is 2.57. The fourth-order valence-electron chi connectivity index (χ4n) is 3.32. The van der Waals surface area contributed by atoms with Crippen LogP contribution in [0.4, 0.5) is 22.1 Å². The molecule has 1 aromatic heterocycles. The Hall–Kier alpha value is -2.83. The molecule has 1 aromatic carbocycles. The van der Waals surface area contributed by atoms with Gasteiger partial charge in [-0.1, -0.05) is 32.9 Å². The molecule has 2 amide bonds. The Balaban J connectivity index is 1.58. The van der Waals surface area contributed by atoms with Crippen molar-refractivity contribution in [3.8, 4) is 0 Å². The minimum Gasteiger partial charge on any atom is -0.363 e. The largest absolute Gasteiger partial charge is 0.363 e. The number of anilines is 3. The SMILES string of the molecule is Cc1nc(N(C)C)cc(N2CCN(C(=O)Nc3ccc(C(C)(C)C)cc3)CC2)n1. The molecule has 0 spiro atoms. The number of hydrogen-bond acceptors (Lipinski definition) is 5. The van der Waals surface area contributed by atoms with Gasteiger partial charge < -0.3 is 20.0 Å². The second kappa shape index (κ2) is 8.27. The number of benzene rings is 1. The quantitative estimate of drug-likeness (QED) is 0.860. The van der Waals surface area contributed by atoms with Crippen molar-refractivity contribution in [2.24, 2.45) is 0 Å². The van der Waals surface area contributed by atoms with Gasteiger partial charge in [-0.15, -0.1) is 0 Å². The molecule has 7 nitrogen and oxygen atoms in total. The maximum atomic E-state index is 12.7. The maximum absolute atomic E-state index is 12.7. The van der Waals surface area contributed by atoms with Gasteiger partial charge >= 0.3 is 6.03 Å². The van der Waals surface area contributed by atoms with Gasteiger partial charge in [0.1, 0.15) is 17.5 Å². The molecule has 0 atom stereocenters. The number of aryl methyl sites for hydroxylation is 1. The van der Waals surface area contributed by atoms with Crippen LogP contribution in [0, 0.1) is 6.92 Å². The lowest BCUT2D eigenvalue weighted by molar-refractivity contribution is 0.208. The summed E-state index contributed by atoms with van der Waals surface area (Å²) in [6.45, 7) is 11.3. The lowest BCUT2D eigenvalue weighted by Crippen LogP contribution is -2.50. The van der Waals surface area contributed by atoms with Crippen LogP contribution in [0.2, 0.25) is 0 Å². The molecule has 1 fully saturated rings. The van der Waals surface area contributed by atoms with Crippen molar-refractivity contribution in [1.82, 2.24) is 14.9 Å². The average Bonchev–Trinajstić information content (AvgIpc) is 2.67. The Labute approximate surface area is 173 Å². The van der Waals surface area contributed by atoms with Gasteiger partial charge in [0.15, 0.2) is 0 Å². The van der Waals surface area contributed by atoms with Crippen LogP contribution in [0.5, 0.6) is 0 Å². The molecule has 2 heterocycles. The van der Waals surface area contributed by atoms with E-state index in [4.69, 9.17) is 0 Å². The molecule has 3 rings (SSSR count). The number of aromatic nitrogens is 2. The first-order valence-corrected chi connectivity index (χ1v) is 10.1. The summed E-state index contributed by atoms with van der Waals surface area (Å²) in [4.78, 5) is 27.7. The predicted molar refractivity (Wildman–Crippen MR) is 119 cm³/mol. The number of hydrogen-bond donors (Lipinski definition) is 1.